The number of thioether (sulfide) groups is 1. The fourth-order valence-electron chi connectivity index (χ4n) is 3.80. The van der Waals surface area contributed by atoms with Gasteiger partial charge in [-0.1, -0.05) is 30.4 Å². The van der Waals surface area contributed by atoms with Crippen LogP contribution in [0.25, 0.3) is 6.08 Å². The van der Waals surface area contributed by atoms with Crippen molar-refractivity contribution in [3.63, 3.8) is 0 Å². The second-order valence-corrected chi connectivity index (χ2v) is 7.49. The molecule has 3 fully saturated rings. The Morgan fingerprint density at radius 3 is 2.95 bits per heavy atom. The standard InChI is InChI=1S/C15H15NO2S2/c17-14-13(8-11-2-1-5-18-11)20-15(19)16(14)12-7-9-3-4-10(12)6-9/h1-2,5,8-10,12H,3-4,6-7H2/b13-8-. The Balaban J connectivity index is 1.60. The van der Waals surface area contributed by atoms with E-state index in [0.29, 0.717) is 26.9 Å². The average molecular weight is 305 g/mol. The topological polar surface area (TPSA) is 33.5 Å². The summed E-state index contributed by atoms with van der Waals surface area (Å²) >= 11 is 6.84. The van der Waals surface area contributed by atoms with E-state index in [1.165, 1.54) is 31.0 Å². The minimum Gasteiger partial charge on any atom is -0.465 e. The van der Waals surface area contributed by atoms with E-state index in [-0.39, 0.29) is 5.91 Å². The van der Waals surface area contributed by atoms with Gasteiger partial charge in [-0.3, -0.25) is 9.69 Å². The van der Waals surface area contributed by atoms with E-state index in [1.807, 2.05) is 17.0 Å². The normalized spacial score (nSPS) is 34.7. The van der Waals surface area contributed by atoms with Crippen molar-refractivity contribution in [2.45, 2.75) is 31.7 Å². The number of fused-ring (bicyclic) bond motifs is 2. The minimum absolute atomic E-state index is 0.0638. The average Bonchev–Trinajstić information content (AvgIpc) is 3.17. The van der Waals surface area contributed by atoms with Crippen LogP contribution in [0.4, 0.5) is 0 Å². The van der Waals surface area contributed by atoms with E-state index in [0.717, 1.165) is 12.3 Å². The van der Waals surface area contributed by atoms with Crippen molar-refractivity contribution in [2.75, 3.05) is 0 Å². The van der Waals surface area contributed by atoms with Crippen LogP contribution in [0.5, 0.6) is 0 Å². The van der Waals surface area contributed by atoms with E-state index < -0.39 is 0 Å². The van der Waals surface area contributed by atoms with E-state index >= 15 is 0 Å². The van der Waals surface area contributed by atoms with Gasteiger partial charge in [-0.15, -0.1) is 0 Å². The number of carbonyl (C=O) groups is 1. The third kappa shape index (κ3) is 1.95. The fraction of sp³-hybridized carbons (Fsp3) is 0.467. The summed E-state index contributed by atoms with van der Waals surface area (Å²) in [6, 6.07) is 4.01. The van der Waals surface area contributed by atoms with Gasteiger partial charge in [-0.05, 0) is 43.2 Å². The van der Waals surface area contributed by atoms with Crippen LogP contribution in [0.3, 0.4) is 0 Å². The van der Waals surface area contributed by atoms with Crippen molar-refractivity contribution in [3.05, 3.63) is 29.1 Å². The van der Waals surface area contributed by atoms with E-state index in [4.69, 9.17) is 16.6 Å². The highest BCUT2D eigenvalue weighted by Crippen LogP contribution is 2.49. The highest BCUT2D eigenvalue weighted by molar-refractivity contribution is 8.26. The van der Waals surface area contributed by atoms with Gasteiger partial charge in [0.15, 0.2) is 0 Å². The highest BCUT2D eigenvalue weighted by atomic mass is 32.2. The second-order valence-electron chi connectivity index (χ2n) is 5.81. The number of rotatable bonds is 2. The molecule has 1 saturated heterocycles. The summed E-state index contributed by atoms with van der Waals surface area (Å²) in [7, 11) is 0. The van der Waals surface area contributed by atoms with Crippen LogP contribution in [-0.2, 0) is 4.79 Å². The third-order valence-corrected chi connectivity index (χ3v) is 6.00. The van der Waals surface area contributed by atoms with Gasteiger partial charge < -0.3 is 4.42 Å². The predicted octanol–water partition coefficient (Wildman–Crippen LogP) is 3.67. The zero-order valence-corrected chi connectivity index (χ0v) is 12.6. The second kappa shape index (κ2) is 4.74. The number of hydrogen-bond donors (Lipinski definition) is 0. The van der Waals surface area contributed by atoms with Crippen LogP contribution in [0.2, 0.25) is 0 Å². The molecule has 0 N–H and O–H groups in total. The first-order valence-corrected chi connectivity index (χ1v) is 8.25. The van der Waals surface area contributed by atoms with Crippen molar-refractivity contribution < 1.29 is 9.21 Å². The maximum Gasteiger partial charge on any atom is 0.266 e. The molecule has 0 radical (unpaired) electrons. The lowest BCUT2D eigenvalue weighted by molar-refractivity contribution is -0.124. The molecule has 0 aromatic carbocycles. The van der Waals surface area contributed by atoms with Crippen molar-refractivity contribution in [1.29, 1.82) is 0 Å². The molecule has 0 spiro atoms. The summed E-state index contributed by atoms with van der Waals surface area (Å²) in [5.41, 5.74) is 0. The lowest BCUT2D eigenvalue weighted by atomic mass is 9.94. The Labute approximate surface area is 127 Å². The van der Waals surface area contributed by atoms with Crippen LogP contribution in [0.15, 0.2) is 27.7 Å². The first-order chi connectivity index (χ1) is 9.72. The smallest absolute Gasteiger partial charge is 0.266 e. The third-order valence-electron chi connectivity index (χ3n) is 4.67. The number of carbonyl (C=O) groups excluding carboxylic acids is 1. The first kappa shape index (κ1) is 12.7. The molecule has 1 amide bonds. The van der Waals surface area contributed by atoms with Gasteiger partial charge in [0.05, 0.1) is 11.2 Å². The molecule has 3 atom stereocenters. The van der Waals surface area contributed by atoms with E-state index in [2.05, 4.69) is 0 Å². The summed E-state index contributed by atoms with van der Waals surface area (Å²) in [5.74, 6) is 2.24. The summed E-state index contributed by atoms with van der Waals surface area (Å²) in [4.78, 5) is 15.2. The summed E-state index contributed by atoms with van der Waals surface area (Å²) in [6.07, 6.45) is 8.40. The van der Waals surface area contributed by atoms with Crippen LogP contribution in [-0.4, -0.2) is 21.2 Å². The molecule has 2 aliphatic carbocycles. The van der Waals surface area contributed by atoms with Gasteiger partial charge >= 0.3 is 0 Å². The molecule has 5 heteroatoms. The molecule has 3 aliphatic rings. The molecule has 1 aromatic rings. The molecule has 20 heavy (non-hydrogen) atoms. The Kier molecular flexibility index (Phi) is 3.00. The van der Waals surface area contributed by atoms with Gasteiger partial charge in [0.2, 0.25) is 0 Å². The van der Waals surface area contributed by atoms with Crippen LogP contribution in [0, 0.1) is 11.8 Å². The van der Waals surface area contributed by atoms with E-state index in [1.54, 1.807) is 12.3 Å². The van der Waals surface area contributed by atoms with Crippen molar-refractivity contribution in [1.82, 2.24) is 4.90 Å². The number of nitrogens with zero attached hydrogens (tertiary/aromatic N) is 1. The molecule has 3 unspecified atom stereocenters. The lowest BCUT2D eigenvalue weighted by Gasteiger charge is -2.30. The Morgan fingerprint density at radius 2 is 2.30 bits per heavy atom. The van der Waals surface area contributed by atoms with Gasteiger partial charge in [0.25, 0.3) is 5.91 Å². The van der Waals surface area contributed by atoms with Crippen molar-refractivity contribution in [2.24, 2.45) is 11.8 Å². The van der Waals surface area contributed by atoms with Crippen LogP contribution < -0.4 is 0 Å². The predicted molar refractivity (Wildman–Crippen MR) is 83.0 cm³/mol. The quantitative estimate of drug-likeness (QED) is 0.616. The van der Waals surface area contributed by atoms with Crippen LogP contribution >= 0.6 is 24.0 Å². The molecule has 2 heterocycles. The number of thiocarbonyl (C=S) groups is 1. The van der Waals surface area contributed by atoms with Gasteiger partial charge in [-0.25, -0.2) is 0 Å². The molecule has 1 aliphatic heterocycles. The Hall–Kier alpha value is -1.07. The van der Waals surface area contributed by atoms with Gasteiger partial charge in [0.1, 0.15) is 10.1 Å². The summed E-state index contributed by atoms with van der Waals surface area (Å²) < 4.78 is 6.00. The monoisotopic (exact) mass is 305 g/mol. The Morgan fingerprint density at radius 1 is 1.40 bits per heavy atom. The molecule has 104 valence electrons. The maximum atomic E-state index is 12.6. The highest BCUT2D eigenvalue weighted by Gasteiger charge is 2.47. The SMILES string of the molecule is O=C1/C(=C/c2ccco2)SC(=S)N1C1CC2CCC1C2. The lowest BCUT2D eigenvalue weighted by Crippen LogP contribution is -2.41. The van der Waals surface area contributed by atoms with E-state index in [9.17, 15) is 4.79 Å². The number of amides is 1. The molecule has 2 saturated carbocycles. The van der Waals surface area contributed by atoms with Crippen molar-refractivity contribution >= 4 is 40.3 Å². The molecule has 2 bridgehead atoms. The molecule has 1 aromatic heterocycles. The number of hydrogen-bond acceptors (Lipinski definition) is 4. The zero-order valence-electron chi connectivity index (χ0n) is 11.0. The zero-order chi connectivity index (χ0) is 13.7. The number of furan rings is 1. The Bertz CT molecular complexity index is 593. The summed E-state index contributed by atoms with van der Waals surface area (Å²) in [6.45, 7) is 0. The molecule has 3 nitrogen and oxygen atoms in total. The first-order valence-electron chi connectivity index (χ1n) is 7.03. The fourth-order valence-corrected chi connectivity index (χ4v) is 5.15. The van der Waals surface area contributed by atoms with Gasteiger partial charge in [-0.2, -0.15) is 0 Å². The molecular formula is C15H15NO2S2. The largest absolute Gasteiger partial charge is 0.465 e. The molecular weight excluding hydrogens is 290 g/mol. The summed E-state index contributed by atoms with van der Waals surface area (Å²) in [5, 5.41) is 0. The maximum absolute atomic E-state index is 12.6. The van der Waals surface area contributed by atoms with Crippen molar-refractivity contribution in [3.8, 4) is 0 Å². The minimum atomic E-state index is 0.0638. The van der Waals surface area contributed by atoms with Crippen LogP contribution in [0.1, 0.15) is 31.4 Å². The molecule has 4 rings (SSSR count). The van der Waals surface area contributed by atoms with Gasteiger partial charge in [0, 0.05) is 12.1 Å².